The number of aromatic nitrogens is 2. The molecule has 0 spiro atoms. The number of anilines is 2. The number of hydrogen-bond donors (Lipinski definition) is 2. The molecule has 4 nitrogen and oxygen atoms in total. The summed E-state index contributed by atoms with van der Waals surface area (Å²) in [5.41, 5.74) is 1.04. The fourth-order valence-corrected chi connectivity index (χ4v) is 2.82. The Kier molecular flexibility index (Phi) is 4.55. The number of halogens is 1. The molecular formula is C16H19ClN4. The van der Waals surface area contributed by atoms with Crippen LogP contribution in [0.4, 0.5) is 11.8 Å². The van der Waals surface area contributed by atoms with Gasteiger partial charge >= 0.3 is 0 Å². The average molecular weight is 303 g/mol. The Hall–Kier alpha value is -1.81. The Bertz CT molecular complexity index is 596. The molecule has 0 bridgehead atoms. The summed E-state index contributed by atoms with van der Waals surface area (Å²) in [6, 6.07) is 10.2. The SMILES string of the molecule is Clc1ccccc1CNc1nccc(NC2CCCC2)n1. The van der Waals surface area contributed by atoms with Crippen LogP contribution in [0.25, 0.3) is 0 Å². The third kappa shape index (κ3) is 3.85. The van der Waals surface area contributed by atoms with Crippen molar-refractivity contribution in [3.63, 3.8) is 0 Å². The van der Waals surface area contributed by atoms with E-state index >= 15 is 0 Å². The molecule has 1 aromatic carbocycles. The zero-order valence-corrected chi connectivity index (χ0v) is 12.6. The Balaban J connectivity index is 1.61. The van der Waals surface area contributed by atoms with E-state index in [2.05, 4.69) is 20.6 Å². The summed E-state index contributed by atoms with van der Waals surface area (Å²) in [7, 11) is 0. The van der Waals surface area contributed by atoms with E-state index in [0.29, 0.717) is 18.5 Å². The molecule has 5 heteroatoms. The third-order valence-corrected chi connectivity index (χ3v) is 4.13. The van der Waals surface area contributed by atoms with Crippen molar-refractivity contribution in [3.8, 4) is 0 Å². The van der Waals surface area contributed by atoms with Gasteiger partial charge in [-0.15, -0.1) is 0 Å². The van der Waals surface area contributed by atoms with Crippen LogP contribution in [0.1, 0.15) is 31.2 Å². The average Bonchev–Trinajstić information content (AvgIpc) is 3.00. The first kappa shape index (κ1) is 14.1. The molecule has 0 radical (unpaired) electrons. The molecule has 21 heavy (non-hydrogen) atoms. The molecule has 0 atom stereocenters. The van der Waals surface area contributed by atoms with Gasteiger partial charge in [-0.05, 0) is 30.5 Å². The maximum Gasteiger partial charge on any atom is 0.224 e. The summed E-state index contributed by atoms with van der Waals surface area (Å²) in [5, 5.41) is 7.45. The van der Waals surface area contributed by atoms with Gasteiger partial charge < -0.3 is 10.6 Å². The molecule has 0 saturated heterocycles. The number of benzene rings is 1. The van der Waals surface area contributed by atoms with Crippen LogP contribution in [0.15, 0.2) is 36.5 Å². The lowest BCUT2D eigenvalue weighted by atomic mass is 10.2. The summed E-state index contributed by atoms with van der Waals surface area (Å²) in [6.07, 6.45) is 6.85. The topological polar surface area (TPSA) is 49.8 Å². The Morgan fingerprint density at radius 1 is 1.14 bits per heavy atom. The Morgan fingerprint density at radius 2 is 1.95 bits per heavy atom. The quantitative estimate of drug-likeness (QED) is 0.873. The standard InChI is InChI=1S/C16H19ClN4/c17-14-8-4-1-5-12(14)11-19-16-18-10-9-15(21-16)20-13-6-2-3-7-13/h1,4-5,8-10,13H,2-3,6-7,11H2,(H2,18,19,20,21). The molecular weight excluding hydrogens is 284 g/mol. The Morgan fingerprint density at radius 3 is 2.76 bits per heavy atom. The minimum Gasteiger partial charge on any atom is -0.367 e. The van der Waals surface area contributed by atoms with E-state index < -0.39 is 0 Å². The van der Waals surface area contributed by atoms with E-state index in [4.69, 9.17) is 11.6 Å². The summed E-state index contributed by atoms with van der Waals surface area (Å²) in [4.78, 5) is 8.76. The summed E-state index contributed by atoms with van der Waals surface area (Å²) >= 11 is 6.14. The minimum absolute atomic E-state index is 0.552. The van der Waals surface area contributed by atoms with Gasteiger partial charge in [0, 0.05) is 23.8 Å². The van der Waals surface area contributed by atoms with Crippen molar-refractivity contribution in [2.24, 2.45) is 0 Å². The van der Waals surface area contributed by atoms with E-state index in [1.165, 1.54) is 25.7 Å². The van der Waals surface area contributed by atoms with Crippen molar-refractivity contribution in [3.05, 3.63) is 47.1 Å². The highest BCUT2D eigenvalue weighted by Gasteiger charge is 2.15. The van der Waals surface area contributed by atoms with Gasteiger partial charge in [-0.3, -0.25) is 0 Å². The predicted octanol–water partition coefficient (Wildman–Crippen LogP) is 4.10. The molecule has 110 valence electrons. The molecule has 3 rings (SSSR count). The van der Waals surface area contributed by atoms with Crippen molar-refractivity contribution in [2.75, 3.05) is 10.6 Å². The van der Waals surface area contributed by atoms with Crippen LogP contribution >= 0.6 is 11.6 Å². The summed E-state index contributed by atoms with van der Waals surface area (Å²) < 4.78 is 0. The van der Waals surface area contributed by atoms with E-state index in [-0.39, 0.29) is 0 Å². The van der Waals surface area contributed by atoms with Crippen molar-refractivity contribution < 1.29 is 0 Å². The predicted molar refractivity (Wildman–Crippen MR) is 86.7 cm³/mol. The molecule has 0 unspecified atom stereocenters. The van der Waals surface area contributed by atoms with Gasteiger partial charge in [0.25, 0.3) is 0 Å². The number of hydrogen-bond acceptors (Lipinski definition) is 4. The van der Waals surface area contributed by atoms with E-state index in [1.807, 2.05) is 30.3 Å². The molecule has 1 aliphatic rings. The first-order chi connectivity index (χ1) is 10.3. The van der Waals surface area contributed by atoms with Crippen molar-refractivity contribution >= 4 is 23.4 Å². The molecule has 1 aliphatic carbocycles. The van der Waals surface area contributed by atoms with Crippen LogP contribution in [0.5, 0.6) is 0 Å². The van der Waals surface area contributed by atoms with Crippen molar-refractivity contribution in [1.82, 2.24) is 9.97 Å². The van der Waals surface area contributed by atoms with Gasteiger partial charge in [0.05, 0.1) is 0 Å². The number of nitrogens with one attached hydrogen (secondary N) is 2. The fourth-order valence-electron chi connectivity index (χ4n) is 2.62. The first-order valence-corrected chi connectivity index (χ1v) is 7.76. The first-order valence-electron chi connectivity index (χ1n) is 7.38. The van der Waals surface area contributed by atoms with Gasteiger partial charge in [-0.1, -0.05) is 42.6 Å². The summed E-state index contributed by atoms with van der Waals surface area (Å²) in [5.74, 6) is 1.51. The molecule has 0 amide bonds. The van der Waals surface area contributed by atoms with Gasteiger partial charge in [0.2, 0.25) is 5.95 Å². The largest absolute Gasteiger partial charge is 0.367 e. The van der Waals surface area contributed by atoms with E-state index in [1.54, 1.807) is 6.20 Å². The number of rotatable bonds is 5. The molecule has 2 N–H and O–H groups in total. The highest BCUT2D eigenvalue weighted by Crippen LogP contribution is 2.21. The Labute approximate surface area is 130 Å². The van der Waals surface area contributed by atoms with Gasteiger partial charge in [-0.2, -0.15) is 4.98 Å². The number of nitrogens with zero attached hydrogens (tertiary/aromatic N) is 2. The lowest BCUT2D eigenvalue weighted by Gasteiger charge is -2.13. The van der Waals surface area contributed by atoms with Gasteiger partial charge in [0.1, 0.15) is 5.82 Å². The second-order valence-corrected chi connectivity index (χ2v) is 5.74. The van der Waals surface area contributed by atoms with Crippen LogP contribution in [0, 0.1) is 0 Å². The smallest absolute Gasteiger partial charge is 0.224 e. The zero-order chi connectivity index (χ0) is 14.5. The van der Waals surface area contributed by atoms with Crippen LogP contribution in [-0.2, 0) is 6.54 Å². The zero-order valence-electron chi connectivity index (χ0n) is 11.8. The minimum atomic E-state index is 0.552. The lowest BCUT2D eigenvalue weighted by Crippen LogP contribution is -2.16. The van der Waals surface area contributed by atoms with Crippen molar-refractivity contribution in [1.29, 1.82) is 0 Å². The van der Waals surface area contributed by atoms with Crippen molar-refractivity contribution in [2.45, 2.75) is 38.3 Å². The lowest BCUT2D eigenvalue weighted by molar-refractivity contribution is 0.750. The molecule has 1 aromatic heterocycles. The molecule has 1 heterocycles. The monoisotopic (exact) mass is 302 g/mol. The highest BCUT2D eigenvalue weighted by atomic mass is 35.5. The maximum atomic E-state index is 6.14. The van der Waals surface area contributed by atoms with Gasteiger partial charge in [0.15, 0.2) is 0 Å². The second kappa shape index (κ2) is 6.76. The molecule has 1 saturated carbocycles. The molecule has 1 fully saturated rings. The fraction of sp³-hybridized carbons (Fsp3) is 0.375. The van der Waals surface area contributed by atoms with Gasteiger partial charge in [-0.25, -0.2) is 4.98 Å². The second-order valence-electron chi connectivity index (χ2n) is 5.34. The van der Waals surface area contributed by atoms with E-state index in [0.717, 1.165) is 16.4 Å². The van der Waals surface area contributed by atoms with E-state index in [9.17, 15) is 0 Å². The maximum absolute atomic E-state index is 6.14. The van der Waals surface area contributed by atoms with Crippen LogP contribution in [0.3, 0.4) is 0 Å². The molecule has 0 aliphatic heterocycles. The third-order valence-electron chi connectivity index (χ3n) is 3.76. The molecule has 2 aromatic rings. The highest BCUT2D eigenvalue weighted by molar-refractivity contribution is 6.31. The normalized spacial score (nSPS) is 15.1. The van der Waals surface area contributed by atoms with Crippen LogP contribution in [0.2, 0.25) is 5.02 Å². The summed E-state index contributed by atoms with van der Waals surface area (Å²) in [6.45, 7) is 0.618. The van der Waals surface area contributed by atoms with Crippen LogP contribution in [-0.4, -0.2) is 16.0 Å². The van der Waals surface area contributed by atoms with Crippen LogP contribution < -0.4 is 10.6 Å².